The van der Waals surface area contributed by atoms with Gasteiger partial charge in [-0.05, 0) is 59.9 Å². The molecule has 2 aromatic carbocycles. The standard InChI is InChI=1S/C21H25NO2/c1-15(23)22-11-10-18-13-19(16-6-4-3-5-7-16)12-17-8-9-20(24-2)14-21(17)18/h3-9,14,18-19H,10-13H2,1-2H3,(H,22,23)/t18-,19+/m0/s1. The molecule has 24 heavy (non-hydrogen) atoms. The summed E-state index contributed by atoms with van der Waals surface area (Å²) in [6, 6.07) is 17.2. The van der Waals surface area contributed by atoms with Gasteiger partial charge in [-0.15, -0.1) is 0 Å². The van der Waals surface area contributed by atoms with Crippen LogP contribution in [0.4, 0.5) is 0 Å². The monoisotopic (exact) mass is 323 g/mol. The zero-order valence-corrected chi connectivity index (χ0v) is 14.4. The lowest BCUT2D eigenvalue weighted by molar-refractivity contribution is -0.118. The average Bonchev–Trinajstić information content (AvgIpc) is 2.61. The van der Waals surface area contributed by atoms with Crippen molar-refractivity contribution in [2.24, 2.45) is 0 Å². The van der Waals surface area contributed by atoms with Gasteiger partial charge in [-0.1, -0.05) is 36.4 Å². The number of carbonyl (C=O) groups is 1. The molecule has 2 atom stereocenters. The van der Waals surface area contributed by atoms with Crippen LogP contribution in [0.15, 0.2) is 48.5 Å². The number of rotatable bonds is 5. The SMILES string of the molecule is COc1ccc2c(c1)[C@@H](CCNC(C)=O)C[C@H](c1ccccc1)C2. The molecule has 0 saturated carbocycles. The summed E-state index contributed by atoms with van der Waals surface area (Å²) in [6.07, 6.45) is 3.15. The van der Waals surface area contributed by atoms with Gasteiger partial charge in [0.25, 0.3) is 0 Å². The number of nitrogens with one attached hydrogen (secondary N) is 1. The Kier molecular flexibility index (Phi) is 5.19. The highest BCUT2D eigenvalue weighted by Gasteiger charge is 2.28. The van der Waals surface area contributed by atoms with Crippen molar-refractivity contribution in [3.8, 4) is 5.75 Å². The van der Waals surface area contributed by atoms with Crippen LogP contribution in [-0.2, 0) is 11.2 Å². The predicted octanol–water partition coefficient (Wildman–Crippen LogP) is 4.04. The maximum absolute atomic E-state index is 11.2. The fraction of sp³-hybridized carbons (Fsp3) is 0.381. The number of hydrogen-bond donors (Lipinski definition) is 1. The van der Waals surface area contributed by atoms with E-state index >= 15 is 0 Å². The van der Waals surface area contributed by atoms with Crippen LogP contribution in [0.2, 0.25) is 0 Å². The second kappa shape index (κ2) is 7.52. The van der Waals surface area contributed by atoms with E-state index in [1.807, 2.05) is 0 Å². The summed E-state index contributed by atoms with van der Waals surface area (Å²) in [5, 5.41) is 2.94. The lowest BCUT2D eigenvalue weighted by Gasteiger charge is -2.32. The van der Waals surface area contributed by atoms with E-state index in [9.17, 15) is 4.79 Å². The Balaban J connectivity index is 1.85. The number of ether oxygens (including phenoxy) is 1. The highest BCUT2D eigenvalue weighted by atomic mass is 16.5. The van der Waals surface area contributed by atoms with Crippen LogP contribution in [0.5, 0.6) is 5.75 Å². The summed E-state index contributed by atoms with van der Waals surface area (Å²) < 4.78 is 5.41. The van der Waals surface area contributed by atoms with Crippen LogP contribution in [-0.4, -0.2) is 19.6 Å². The second-order valence-electron chi connectivity index (χ2n) is 6.58. The lowest BCUT2D eigenvalue weighted by atomic mass is 9.73. The van der Waals surface area contributed by atoms with Crippen molar-refractivity contribution in [1.29, 1.82) is 0 Å². The zero-order chi connectivity index (χ0) is 16.9. The Morgan fingerprint density at radius 3 is 2.71 bits per heavy atom. The Labute approximate surface area is 144 Å². The van der Waals surface area contributed by atoms with Crippen molar-refractivity contribution >= 4 is 5.91 Å². The topological polar surface area (TPSA) is 38.3 Å². The van der Waals surface area contributed by atoms with Gasteiger partial charge in [-0.2, -0.15) is 0 Å². The highest BCUT2D eigenvalue weighted by molar-refractivity contribution is 5.72. The summed E-state index contributed by atoms with van der Waals surface area (Å²) in [6.45, 7) is 2.29. The molecule has 1 amide bonds. The molecule has 0 unspecified atom stereocenters. The van der Waals surface area contributed by atoms with Crippen LogP contribution in [0.25, 0.3) is 0 Å². The van der Waals surface area contributed by atoms with Crippen molar-refractivity contribution in [2.45, 2.75) is 38.0 Å². The quantitative estimate of drug-likeness (QED) is 0.902. The van der Waals surface area contributed by atoms with Crippen molar-refractivity contribution in [2.75, 3.05) is 13.7 Å². The van der Waals surface area contributed by atoms with Gasteiger partial charge in [-0.25, -0.2) is 0 Å². The van der Waals surface area contributed by atoms with E-state index in [0.29, 0.717) is 11.8 Å². The van der Waals surface area contributed by atoms with Crippen molar-refractivity contribution in [1.82, 2.24) is 5.32 Å². The van der Waals surface area contributed by atoms with Crippen LogP contribution < -0.4 is 10.1 Å². The van der Waals surface area contributed by atoms with Gasteiger partial charge in [-0.3, -0.25) is 4.79 Å². The summed E-state index contributed by atoms with van der Waals surface area (Å²) in [4.78, 5) is 11.2. The molecule has 3 rings (SSSR count). The summed E-state index contributed by atoms with van der Waals surface area (Å²) in [5.74, 6) is 1.93. The first-order chi connectivity index (χ1) is 11.7. The molecule has 2 aromatic rings. The maximum atomic E-state index is 11.2. The molecule has 1 aliphatic carbocycles. The molecule has 3 nitrogen and oxygen atoms in total. The van der Waals surface area contributed by atoms with E-state index in [0.717, 1.165) is 31.6 Å². The second-order valence-corrected chi connectivity index (χ2v) is 6.58. The van der Waals surface area contributed by atoms with Gasteiger partial charge in [0.15, 0.2) is 0 Å². The molecule has 0 fully saturated rings. The predicted molar refractivity (Wildman–Crippen MR) is 96.5 cm³/mol. The minimum atomic E-state index is 0.0382. The summed E-state index contributed by atoms with van der Waals surface area (Å²) in [7, 11) is 1.71. The largest absolute Gasteiger partial charge is 0.497 e. The van der Waals surface area contributed by atoms with Crippen LogP contribution in [0.1, 0.15) is 48.3 Å². The Morgan fingerprint density at radius 2 is 2.00 bits per heavy atom. The Bertz CT molecular complexity index is 696. The molecule has 1 N–H and O–H groups in total. The fourth-order valence-corrected chi connectivity index (χ4v) is 3.76. The first-order valence-electron chi connectivity index (χ1n) is 8.63. The van der Waals surface area contributed by atoms with Crippen LogP contribution in [0, 0.1) is 0 Å². The Hall–Kier alpha value is -2.29. The first-order valence-corrected chi connectivity index (χ1v) is 8.63. The molecule has 0 aliphatic heterocycles. The van der Waals surface area contributed by atoms with Gasteiger partial charge in [0.05, 0.1) is 7.11 Å². The van der Waals surface area contributed by atoms with Gasteiger partial charge in [0.1, 0.15) is 5.75 Å². The number of methoxy groups -OCH3 is 1. The third kappa shape index (κ3) is 3.78. The molecule has 0 bridgehead atoms. The van der Waals surface area contributed by atoms with Crippen LogP contribution in [0.3, 0.4) is 0 Å². The van der Waals surface area contributed by atoms with Gasteiger partial charge in [0.2, 0.25) is 5.91 Å². The van der Waals surface area contributed by atoms with E-state index in [1.54, 1.807) is 14.0 Å². The van der Waals surface area contributed by atoms with E-state index in [1.165, 1.54) is 16.7 Å². The molecule has 1 aliphatic rings. The smallest absolute Gasteiger partial charge is 0.216 e. The van der Waals surface area contributed by atoms with E-state index in [4.69, 9.17) is 4.74 Å². The molecule has 0 radical (unpaired) electrons. The summed E-state index contributed by atoms with van der Waals surface area (Å²) >= 11 is 0. The third-order valence-corrected chi connectivity index (χ3v) is 4.97. The molecule has 0 aromatic heterocycles. The molecule has 0 spiro atoms. The normalized spacial score (nSPS) is 19.4. The number of carbonyl (C=O) groups excluding carboxylic acids is 1. The lowest BCUT2D eigenvalue weighted by Crippen LogP contribution is -2.25. The fourth-order valence-electron chi connectivity index (χ4n) is 3.76. The molecule has 126 valence electrons. The first kappa shape index (κ1) is 16.6. The number of hydrogen-bond acceptors (Lipinski definition) is 2. The average molecular weight is 323 g/mol. The van der Waals surface area contributed by atoms with E-state index < -0.39 is 0 Å². The van der Waals surface area contributed by atoms with E-state index in [2.05, 4.69) is 53.8 Å². The molecule has 0 heterocycles. The van der Waals surface area contributed by atoms with Crippen molar-refractivity contribution in [3.63, 3.8) is 0 Å². The van der Waals surface area contributed by atoms with E-state index in [-0.39, 0.29) is 5.91 Å². The molecule has 3 heteroatoms. The Morgan fingerprint density at radius 1 is 1.21 bits per heavy atom. The number of amides is 1. The maximum Gasteiger partial charge on any atom is 0.216 e. The third-order valence-electron chi connectivity index (χ3n) is 4.97. The van der Waals surface area contributed by atoms with Gasteiger partial charge >= 0.3 is 0 Å². The highest BCUT2D eigenvalue weighted by Crippen LogP contribution is 2.42. The number of benzene rings is 2. The molecular weight excluding hydrogens is 298 g/mol. The number of fused-ring (bicyclic) bond motifs is 1. The molecule has 0 saturated heterocycles. The van der Waals surface area contributed by atoms with Crippen LogP contribution >= 0.6 is 0 Å². The van der Waals surface area contributed by atoms with Crippen molar-refractivity contribution < 1.29 is 9.53 Å². The zero-order valence-electron chi connectivity index (χ0n) is 14.4. The van der Waals surface area contributed by atoms with Gasteiger partial charge in [0, 0.05) is 13.5 Å². The van der Waals surface area contributed by atoms with Crippen molar-refractivity contribution in [3.05, 3.63) is 65.2 Å². The van der Waals surface area contributed by atoms with Gasteiger partial charge < -0.3 is 10.1 Å². The molecular formula is C21H25NO2. The summed E-state index contributed by atoms with van der Waals surface area (Å²) in [5.41, 5.74) is 4.19. The minimum Gasteiger partial charge on any atom is -0.497 e. The minimum absolute atomic E-state index is 0.0382.